The molecule has 0 aliphatic carbocycles. The predicted molar refractivity (Wildman–Crippen MR) is 94.8 cm³/mol. The fraction of sp³-hybridized carbons (Fsp3) is 0.375. The van der Waals surface area contributed by atoms with Gasteiger partial charge in [-0.1, -0.05) is 6.92 Å². The summed E-state index contributed by atoms with van der Waals surface area (Å²) in [6, 6.07) is 3.42. The molecule has 124 valence electrons. The summed E-state index contributed by atoms with van der Waals surface area (Å²) >= 11 is 4.37. The van der Waals surface area contributed by atoms with Crippen LogP contribution >= 0.6 is 27.7 Å². The molecule has 2 rings (SSSR count). The van der Waals surface area contributed by atoms with E-state index in [1.54, 1.807) is 32.4 Å². The van der Waals surface area contributed by atoms with E-state index in [2.05, 4.69) is 15.9 Å². The molecule has 1 aromatic rings. The second-order valence-corrected chi connectivity index (χ2v) is 6.89. The summed E-state index contributed by atoms with van der Waals surface area (Å²) in [6.45, 7) is 3.81. The molecule has 1 aliphatic rings. The standard InChI is InChI=1S/C16H18BrNO4S/c1-5-9(2)18-15(19)14(23-16(18)20)7-10-6-11(17)13(22-4)8-12(10)21-3/h6-9H,5H2,1-4H3/b14-7+/t9-/m1/s1. The number of carbonyl (C=O) groups excluding carboxylic acids is 2. The Bertz CT molecular complexity index is 674. The fourth-order valence-electron chi connectivity index (χ4n) is 2.18. The molecule has 2 amide bonds. The second-order valence-electron chi connectivity index (χ2n) is 5.04. The number of hydrogen-bond acceptors (Lipinski definition) is 5. The van der Waals surface area contributed by atoms with E-state index in [9.17, 15) is 9.59 Å². The van der Waals surface area contributed by atoms with Crippen LogP contribution in [-0.2, 0) is 4.79 Å². The lowest BCUT2D eigenvalue weighted by Gasteiger charge is -2.19. The molecule has 5 nitrogen and oxygen atoms in total. The summed E-state index contributed by atoms with van der Waals surface area (Å²) < 4.78 is 11.3. The van der Waals surface area contributed by atoms with Gasteiger partial charge in [0.25, 0.3) is 11.1 Å². The van der Waals surface area contributed by atoms with Crippen LogP contribution in [0.3, 0.4) is 0 Å². The van der Waals surface area contributed by atoms with Crippen molar-refractivity contribution in [1.82, 2.24) is 4.90 Å². The minimum Gasteiger partial charge on any atom is -0.496 e. The average Bonchev–Trinajstić information content (AvgIpc) is 2.81. The second kappa shape index (κ2) is 7.40. The maximum absolute atomic E-state index is 12.5. The summed E-state index contributed by atoms with van der Waals surface area (Å²) in [6.07, 6.45) is 2.40. The third-order valence-corrected chi connectivity index (χ3v) is 5.15. The Morgan fingerprint density at radius 3 is 2.48 bits per heavy atom. The molecule has 0 aromatic heterocycles. The van der Waals surface area contributed by atoms with Crippen LogP contribution < -0.4 is 9.47 Å². The molecule has 0 saturated carbocycles. The van der Waals surface area contributed by atoms with Crippen molar-refractivity contribution in [3.63, 3.8) is 0 Å². The van der Waals surface area contributed by atoms with Crippen molar-refractivity contribution in [1.29, 1.82) is 0 Å². The molecule has 0 spiro atoms. The molecule has 1 heterocycles. The highest BCUT2D eigenvalue weighted by Gasteiger charge is 2.37. The van der Waals surface area contributed by atoms with Gasteiger partial charge in [0.05, 0.1) is 23.6 Å². The topological polar surface area (TPSA) is 55.8 Å². The minimum absolute atomic E-state index is 0.113. The van der Waals surface area contributed by atoms with E-state index in [1.165, 1.54) is 4.90 Å². The van der Waals surface area contributed by atoms with E-state index in [4.69, 9.17) is 9.47 Å². The van der Waals surface area contributed by atoms with Gasteiger partial charge >= 0.3 is 0 Å². The minimum atomic E-state index is -0.261. The molecule has 0 N–H and O–H groups in total. The van der Waals surface area contributed by atoms with Gasteiger partial charge in [-0.15, -0.1) is 0 Å². The SMILES string of the molecule is CC[C@@H](C)N1C(=O)S/C(=C/c2cc(Br)c(OC)cc2OC)C1=O. The number of benzene rings is 1. The van der Waals surface area contributed by atoms with Gasteiger partial charge in [-0.3, -0.25) is 14.5 Å². The van der Waals surface area contributed by atoms with Crippen LogP contribution in [0.4, 0.5) is 4.79 Å². The first-order valence-corrected chi connectivity index (χ1v) is 8.72. The molecule has 1 aromatic carbocycles. The quantitative estimate of drug-likeness (QED) is 0.690. The lowest BCUT2D eigenvalue weighted by molar-refractivity contribution is -0.124. The van der Waals surface area contributed by atoms with Crippen LogP contribution in [0.5, 0.6) is 11.5 Å². The number of amides is 2. The molecule has 1 aliphatic heterocycles. The van der Waals surface area contributed by atoms with Crippen molar-refractivity contribution < 1.29 is 19.1 Å². The van der Waals surface area contributed by atoms with E-state index in [1.807, 2.05) is 13.8 Å². The summed E-state index contributed by atoms with van der Waals surface area (Å²) in [5.74, 6) is 0.940. The largest absolute Gasteiger partial charge is 0.496 e. The lowest BCUT2D eigenvalue weighted by atomic mass is 10.1. The first-order chi connectivity index (χ1) is 10.9. The van der Waals surface area contributed by atoms with E-state index < -0.39 is 0 Å². The summed E-state index contributed by atoms with van der Waals surface area (Å²) in [5, 5.41) is -0.234. The maximum atomic E-state index is 12.5. The van der Waals surface area contributed by atoms with Crippen molar-refractivity contribution in [2.45, 2.75) is 26.3 Å². The Hall–Kier alpha value is -1.47. The molecule has 0 unspecified atom stereocenters. The van der Waals surface area contributed by atoms with Crippen molar-refractivity contribution in [3.05, 3.63) is 27.1 Å². The van der Waals surface area contributed by atoms with Crippen LogP contribution in [0.15, 0.2) is 21.5 Å². The maximum Gasteiger partial charge on any atom is 0.293 e. The zero-order chi connectivity index (χ0) is 17.1. The first-order valence-electron chi connectivity index (χ1n) is 7.11. The highest BCUT2D eigenvalue weighted by atomic mass is 79.9. The summed E-state index contributed by atoms with van der Waals surface area (Å²) in [5.41, 5.74) is 0.704. The van der Waals surface area contributed by atoms with Gasteiger partial charge in [0, 0.05) is 17.7 Å². The smallest absolute Gasteiger partial charge is 0.293 e. The van der Waals surface area contributed by atoms with Gasteiger partial charge in [0.1, 0.15) is 11.5 Å². The summed E-state index contributed by atoms with van der Waals surface area (Å²) in [4.78, 5) is 26.2. The number of hydrogen-bond donors (Lipinski definition) is 0. The number of rotatable bonds is 5. The Kier molecular flexibility index (Phi) is 5.75. The fourth-order valence-corrected chi connectivity index (χ4v) is 3.62. The highest BCUT2D eigenvalue weighted by molar-refractivity contribution is 9.10. The van der Waals surface area contributed by atoms with Crippen LogP contribution in [0.2, 0.25) is 0 Å². The zero-order valence-electron chi connectivity index (χ0n) is 13.4. The van der Waals surface area contributed by atoms with Gasteiger partial charge in [-0.25, -0.2) is 0 Å². The van der Waals surface area contributed by atoms with Gasteiger partial charge in [0.2, 0.25) is 0 Å². The van der Waals surface area contributed by atoms with Crippen LogP contribution in [0.1, 0.15) is 25.8 Å². The number of methoxy groups -OCH3 is 2. The normalized spacial score (nSPS) is 17.8. The molecule has 1 saturated heterocycles. The van der Waals surface area contributed by atoms with Gasteiger partial charge in [-0.05, 0) is 53.2 Å². The van der Waals surface area contributed by atoms with Crippen LogP contribution in [0.25, 0.3) is 6.08 Å². The Morgan fingerprint density at radius 1 is 1.26 bits per heavy atom. The predicted octanol–water partition coefficient (Wildman–Crippen LogP) is 4.30. The number of imide groups is 1. The van der Waals surface area contributed by atoms with E-state index in [0.717, 1.165) is 22.7 Å². The number of carbonyl (C=O) groups is 2. The van der Waals surface area contributed by atoms with Crippen molar-refractivity contribution >= 4 is 44.9 Å². The van der Waals surface area contributed by atoms with Crippen molar-refractivity contribution in [2.24, 2.45) is 0 Å². The van der Waals surface area contributed by atoms with E-state index in [-0.39, 0.29) is 17.2 Å². The highest BCUT2D eigenvalue weighted by Crippen LogP contribution is 2.38. The molecule has 1 fully saturated rings. The van der Waals surface area contributed by atoms with Gasteiger partial charge < -0.3 is 9.47 Å². The summed E-state index contributed by atoms with van der Waals surface area (Å²) in [7, 11) is 3.11. The number of thioether (sulfide) groups is 1. The lowest BCUT2D eigenvalue weighted by Crippen LogP contribution is -2.36. The third-order valence-electron chi connectivity index (χ3n) is 3.65. The number of nitrogens with zero attached hydrogens (tertiary/aromatic N) is 1. The third kappa shape index (κ3) is 3.55. The first kappa shape index (κ1) is 17.9. The number of ether oxygens (including phenoxy) is 2. The molecule has 0 radical (unpaired) electrons. The average molecular weight is 400 g/mol. The molecular formula is C16H18BrNO4S. The van der Waals surface area contributed by atoms with Crippen LogP contribution in [-0.4, -0.2) is 36.3 Å². The van der Waals surface area contributed by atoms with E-state index >= 15 is 0 Å². The van der Waals surface area contributed by atoms with Gasteiger partial charge in [-0.2, -0.15) is 0 Å². The van der Waals surface area contributed by atoms with E-state index in [0.29, 0.717) is 22.0 Å². The zero-order valence-corrected chi connectivity index (χ0v) is 15.8. The van der Waals surface area contributed by atoms with Crippen molar-refractivity contribution in [2.75, 3.05) is 14.2 Å². The molecule has 1 atom stereocenters. The Labute approximate surface area is 148 Å². The number of halogens is 1. The molecule has 7 heteroatoms. The van der Waals surface area contributed by atoms with Crippen molar-refractivity contribution in [3.8, 4) is 11.5 Å². The Balaban J connectivity index is 2.41. The monoisotopic (exact) mass is 399 g/mol. The Morgan fingerprint density at radius 2 is 1.91 bits per heavy atom. The molecule has 0 bridgehead atoms. The van der Waals surface area contributed by atoms with Gasteiger partial charge in [0.15, 0.2) is 0 Å². The van der Waals surface area contributed by atoms with Crippen LogP contribution in [0, 0.1) is 0 Å². The molecule has 23 heavy (non-hydrogen) atoms. The molecular weight excluding hydrogens is 382 g/mol.